The Bertz CT molecular complexity index is 1380. The highest BCUT2D eigenvalue weighted by atomic mass is 35.5. The van der Waals surface area contributed by atoms with Crippen LogP contribution < -0.4 is 10.2 Å². The van der Waals surface area contributed by atoms with Gasteiger partial charge in [-0.3, -0.25) is 9.79 Å². The first-order valence-corrected chi connectivity index (χ1v) is 12.9. The van der Waals surface area contributed by atoms with Gasteiger partial charge < -0.3 is 15.0 Å². The van der Waals surface area contributed by atoms with Crippen LogP contribution in [0.4, 0.5) is 23.2 Å². The number of nitrogens with zero attached hydrogens (tertiary/aromatic N) is 3. The predicted octanol–water partition coefficient (Wildman–Crippen LogP) is 5.49. The standard InChI is InChI=1S/C27H25ClF4N4O2/c1-14-11-26(6-7-36(14)21-10-17(28)9-20(29)19(21)8-15-12-38-13-15)25(37)34-24(35-26)18-4-5-22(27(30,31)32)33-23(18)16-2-3-16/h4-5,8-10,14,16H,2-3,6-7,11-13H2,1H3,(H,34,35,37)/t14-,26+/m0/s1. The number of aromatic nitrogens is 1. The number of halogens is 5. The van der Waals surface area contributed by atoms with Gasteiger partial charge in [-0.25, -0.2) is 9.37 Å². The number of hydrogen-bond donors (Lipinski definition) is 1. The summed E-state index contributed by atoms with van der Waals surface area (Å²) in [5.74, 6) is -0.522. The van der Waals surface area contributed by atoms with Crippen LogP contribution in [0.3, 0.4) is 0 Å². The van der Waals surface area contributed by atoms with Crippen LogP contribution in [0.25, 0.3) is 6.08 Å². The van der Waals surface area contributed by atoms with Crippen molar-refractivity contribution in [3.63, 3.8) is 0 Å². The van der Waals surface area contributed by atoms with E-state index in [-0.39, 0.29) is 28.7 Å². The molecule has 0 radical (unpaired) electrons. The topological polar surface area (TPSA) is 66.8 Å². The summed E-state index contributed by atoms with van der Waals surface area (Å²) in [4.78, 5) is 24.0. The second-order valence-electron chi connectivity index (χ2n) is 10.5. The van der Waals surface area contributed by atoms with Gasteiger partial charge in [-0.05, 0) is 62.1 Å². The SMILES string of the molecule is C[C@H]1C[C@@]2(CCN1c1cc(Cl)cc(F)c1C=C1COC1)N=C(c1ccc(C(F)(F)F)nc1C1CC1)NC2=O. The molecule has 1 spiro atoms. The molecule has 1 aliphatic carbocycles. The zero-order chi connectivity index (χ0) is 26.8. The van der Waals surface area contributed by atoms with Gasteiger partial charge in [-0.2, -0.15) is 13.2 Å². The van der Waals surface area contributed by atoms with Crippen molar-refractivity contribution in [2.45, 2.75) is 56.3 Å². The van der Waals surface area contributed by atoms with Crippen LogP contribution in [-0.2, 0) is 15.7 Å². The molecule has 0 unspecified atom stereocenters. The van der Waals surface area contributed by atoms with Crippen molar-refractivity contribution in [3.8, 4) is 0 Å². The van der Waals surface area contributed by atoms with Gasteiger partial charge in [-0.1, -0.05) is 11.6 Å². The quantitative estimate of drug-likeness (QED) is 0.513. The Kier molecular flexibility index (Phi) is 6.03. The van der Waals surface area contributed by atoms with Crippen LogP contribution in [0.15, 0.2) is 34.8 Å². The van der Waals surface area contributed by atoms with Crippen molar-refractivity contribution >= 4 is 35.1 Å². The van der Waals surface area contributed by atoms with Crippen LogP contribution in [0.2, 0.25) is 5.02 Å². The molecule has 11 heteroatoms. The maximum Gasteiger partial charge on any atom is 0.433 e. The minimum atomic E-state index is -4.55. The molecule has 1 aromatic carbocycles. The third-order valence-corrected chi connectivity index (χ3v) is 7.87. The Hall–Kier alpha value is -2.98. The molecule has 3 fully saturated rings. The number of carbonyl (C=O) groups excluding carboxylic acids is 1. The summed E-state index contributed by atoms with van der Waals surface area (Å²) < 4.78 is 60.0. The number of anilines is 1. The van der Waals surface area contributed by atoms with E-state index in [1.54, 1.807) is 12.1 Å². The minimum Gasteiger partial charge on any atom is -0.373 e. The minimum absolute atomic E-state index is 0.0736. The van der Waals surface area contributed by atoms with Crippen molar-refractivity contribution < 1.29 is 27.1 Å². The van der Waals surface area contributed by atoms with E-state index >= 15 is 0 Å². The van der Waals surface area contributed by atoms with Gasteiger partial charge in [0.1, 0.15) is 22.9 Å². The Labute approximate surface area is 221 Å². The molecule has 4 heterocycles. The molecule has 1 saturated carbocycles. The molecule has 2 aromatic rings. The molecule has 4 aliphatic rings. The first-order valence-electron chi connectivity index (χ1n) is 12.6. The molecule has 2 saturated heterocycles. The maximum atomic E-state index is 15.0. The van der Waals surface area contributed by atoms with E-state index in [1.807, 2.05) is 11.8 Å². The molecule has 6 rings (SSSR count). The zero-order valence-corrected chi connectivity index (χ0v) is 21.3. The van der Waals surface area contributed by atoms with Crippen molar-refractivity contribution in [1.82, 2.24) is 10.3 Å². The second-order valence-corrected chi connectivity index (χ2v) is 10.9. The number of amidine groups is 1. The van der Waals surface area contributed by atoms with E-state index in [4.69, 9.17) is 21.3 Å². The molecule has 1 amide bonds. The highest BCUT2D eigenvalue weighted by molar-refractivity contribution is 6.31. The third-order valence-electron chi connectivity index (χ3n) is 7.65. The number of alkyl halides is 3. The number of hydrogen-bond acceptors (Lipinski definition) is 5. The summed E-state index contributed by atoms with van der Waals surface area (Å²) in [5, 5.41) is 3.10. The smallest absolute Gasteiger partial charge is 0.373 e. The highest BCUT2D eigenvalue weighted by Gasteiger charge is 2.49. The van der Waals surface area contributed by atoms with Crippen molar-refractivity contribution in [3.05, 3.63) is 63.2 Å². The lowest BCUT2D eigenvalue weighted by Gasteiger charge is -2.42. The molecule has 6 nitrogen and oxygen atoms in total. The summed E-state index contributed by atoms with van der Waals surface area (Å²) in [6.45, 7) is 3.27. The summed E-state index contributed by atoms with van der Waals surface area (Å²) in [6, 6.07) is 5.11. The lowest BCUT2D eigenvalue weighted by atomic mass is 9.83. The molecule has 1 N–H and O–H groups in total. The van der Waals surface area contributed by atoms with Crippen LogP contribution in [0.1, 0.15) is 61.0 Å². The number of benzene rings is 1. The second kappa shape index (κ2) is 9.05. The number of ether oxygens (including phenoxy) is 1. The molecule has 200 valence electrons. The number of rotatable bonds is 4. The lowest BCUT2D eigenvalue weighted by Crippen LogP contribution is -2.53. The van der Waals surface area contributed by atoms with Crippen molar-refractivity contribution in [2.75, 3.05) is 24.7 Å². The molecule has 2 atom stereocenters. The fourth-order valence-corrected chi connectivity index (χ4v) is 5.70. The number of pyridine rings is 1. The summed E-state index contributed by atoms with van der Waals surface area (Å²) in [6.07, 6.45) is -0.556. The predicted molar refractivity (Wildman–Crippen MR) is 135 cm³/mol. The molecule has 1 aromatic heterocycles. The maximum absolute atomic E-state index is 15.0. The van der Waals surface area contributed by atoms with Crippen LogP contribution in [-0.4, -0.2) is 48.1 Å². The van der Waals surface area contributed by atoms with Gasteiger partial charge in [0.2, 0.25) is 0 Å². The van der Waals surface area contributed by atoms with E-state index in [1.165, 1.54) is 12.1 Å². The number of piperidine rings is 1. The van der Waals surface area contributed by atoms with Crippen LogP contribution in [0.5, 0.6) is 0 Å². The van der Waals surface area contributed by atoms with E-state index in [9.17, 15) is 22.4 Å². The molecular formula is C27H25ClF4N4O2. The van der Waals surface area contributed by atoms with Gasteiger partial charge in [0.05, 0.1) is 18.9 Å². The average Bonchev–Trinajstić information content (AvgIpc) is 3.61. The van der Waals surface area contributed by atoms with E-state index in [2.05, 4.69) is 10.3 Å². The van der Waals surface area contributed by atoms with E-state index < -0.39 is 23.2 Å². The van der Waals surface area contributed by atoms with Gasteiger partial charge >= 0.3 is 6.18 Å². The summed E-state index contributed by atoms with van der Waals surface area (Å²) >= 11 is 6.21. The normalized spacial score (nSPS) is 25.4. The monoisotopic (exact) mass is 548 g/mol. The molecular weight excluding hydrogens is 524 g/mol. The van der Waals surface area contributed by atoms with Gasteiger partial charge in [-0.15, -0.1) is 0 Å². The number of amides is 1. The highest BCUT2D eigenvalue weighted by Crippen LogP contribution is 2.44. The molecule has 38 heavy (non-hydrogen) atoms. The van der Waals surface area contributed by atoms with Gasteiger partial charge in [0.25, 0.3) is 5.91 Å². The summed E-state index contributed by atoms with van der Waals surface area (Å²) in [5.41, 5.74) is 0.810. The summed E-state index contributed by atoms with van der Waals surface area (Å²) in [7, 11) is 0. The average molecular weight is 549 g/mol. The van der Waals surface area contributed by atoms with Crippen molar-refractivity contribution in [1.29, 1.82) is 0 Å². The first kappa shape index (κ1) is 25.3. The Morgan fingerprint density at radius 1 is 1.24 bits per heavy atom. The fraction of sp³-hybridized carbons (Fsp3) is 0.444. The molecule has 0 bridgehead atoms. The van der Waals surface area contributed by atoms with Crippen LogP contribution >= 0.6 is 11.6 Å². The first-order chi connectivity index (χ1) is 18.0. The Morgan fingerprint density at radius 2 is 2.00 bits per heavy atom. The Balaban J connectivity index is 1.30. The number of nitrogens with one attached hydrogen (secondary N) is 1. The largest absolute Gasteiger partial charge is 0.433 e. The Morgan fingerprint density at radius 3 is 2.63 bits per heavy atom. The fourth-order valence-electron chi connectivity index (χ4n) is 5.50. The molecule has 3 aliphatic heterocycles. The van der Waals surface area contributed by atoms with E-state index in [0.29, 0.717) is 55.1 Å². The van der Waals surface area contributed by atoms with Gasteiger partial charge in [0.15, 0.2) is 0 Å². The zero-order valence-electron chi connectivity index (χ0n) is 20.5. The third kappa shape index (κ3) is 4.47. The lowest BCUT2D eigenvalue weighted by molar-refractivity contribution is -0.141. The number of carbonyl (C=O) groups is 1. The van der Waals surface area contributed by atoms with Gasteiger partial charge in [0, 0.05) is 46.8 Å². The van der Waals surface area contributed by atoms with E-state index in [0.717, 1.165) is 24.5 Å². The number of aliphatic imine (C=N–C) groups is 1. The van der Waals surface area contributed by atoms with Crippen molar-refractivity contribution in [2.24, 2.45) is 4.99 Å². The van der Waals surface area contributed by atoms with Crippen LogP contribution in [0, 0.1) is 5.82 Å².